The predicted octanol–water partition coefficient (Wildman–Crippen LogP) is -0.352. The molecule has 0 heterocycles. The van der Waals surface area contributed by atoms with Gasteiger partial charge in [0.2, 0.25) is 0 Å². The van der Waals surface area contributed by atoms with Gasteiger partial charge in [-0.1, -0.05) is 0 Å². The van der Waals surface area contributed by atoms with Crippen LogP contribution in [0.2, 0.25) is 0 Å². The van der Waals surface area contributed by atoms with Crippen LogP contribution in [0.15, 0.2) is 0 Å². The summed E-state index contributed by atoms with van der Waals surface area (Å²) in [6, 6.07) is 0. The Kier molecular flexibility index (Phi) is 1.83. The zero-order valence-corrected chi connectivity index (χ0v) is 4.71. The minimum absolute atomic E-state index is 0.282. The van der Waals surface area contributed by atoms with E-state index in [1.807, 2.05) is 0 Å². The highest BCUT2D eigenvalue weighted by Gasteiger charge is 2.29. The van der Waals surface area contributed by atoms with E-state index < -0.39 is 0 Å². The Hall–Kier alpha value is -0.120. The second kappa shape index (κ2) is 2.44. The summed E-state index contributed by atoms with van der Waals surface area (Å²) in [6.45, 7) is 0.282. The molecule has 0 spiro atoms. The van der Waals surface area contributed by atoms with Gasteiger partial charge in [0.25, 0.3) is 0 Å². The molecule has 0 saturated heterocycles. The third-order valence-electron chi connectivity index (χ3n) is 1.43. The Bertz CT molecular complexity index is 72.8. The zero-order valence-electron chi connectivity index (χ0n) is 4.71. The standard InChI is InChI=1S/C5H11NO2/c6-8-3-5(7)4-1-2-4/h4-5,7H,1-3,6H2. The zero-order chi connectivity index (χ0) is 5.98. The van der Waals surface area contributed by atoms with Crippen LogP contribution in [-0.2, 0) is 4.84 Å². The summed E-state index contributed by atoms with van der Waals surface area (Å²) in [4.78, 5) is 4.25. The van der Waals surface area contributed by atoms with Gasteiger partial charge in [-0.25, -0.2) is 5.90 Å². The SMILES string of the molecule is NOCC(O)C1CC1. The first-order valence-corrected chi connectivity index (χ1v) is 2.84. The van der Waals surface area contributed by atoms with Crippen molar-refractivity contribution in [1.29, 1.82) is 0 Å². The van der Waals surface area contributed by atoms with Crippen LogP contribution in [0.1, 0.15) is 12.8 Å². The number of aliphatic hydroxyl groups is 1. The van der Waals surface area contributed by atoms with E-state index in [0.717, 1.165) is 12.8 Å². The number of aliphatic hydroxyl groups excluding tert-OH is 1. The maximum Gasteiger partial charge on any atom is 0.0941 e. The summed E-state index contributed by atoms with van der Waals surface area (Å²) in [5.74, 6) is 5.21. The summed E-state index contributed by atoms with van der Waals surface area (Å²) in [5.41, 5.74) is 0. The lowest BCUT2D eigenvalue weighted by Crippen LogP contribution is -2.19. The predicted molar refractivity (Wildman–Crippen MR) is 28.9 cm³/mol. The first-order chi connectivity index (χ1) is 3.84. The van der Waals surface area contributed by atoms with Crippen LogP contribution in [-0.4, -0.2) is 17.8 Å². The maximum atomic E-state index is 8.98. The fraction of sp³-hybridized carbons (Fsp3) is 1.00. The van der Waals surface area contributed by atoms with E-state index >= 15 is 0 Å². The number of hydrogen-bond acceptors (Lipinski definition) is 3. The van der Waals surface area contributed by atoms with Crippen molar-refractivity contribution >= 4 is 0 Å². The highest BCUT2D eigenvalue weighted by molar-refractivity contribution is 4.80. The average molecular weight is 117 g/mol. The molecule has 0 aliphatic heterocycles. The van der Waals surface area contributed by atoms with Crippen LogP contribution >= 0.6 is 0 Å². The molecule has 1 rings (SSSR count). The number of hydrogen-bond donors (Lipinski definition) is 2. The summed E-state index contributed by atoms with van der Waals surface area (Å²) in [6.07, 6.45) is 1.94. The first kappa shape index (κ1) is 6.01. The molecule has 1 fully saturated rings. The summed E-state index contributed by atoms with van der Waals surface area (Å²) in [5, 5.41) is 8.98. The summed E-state index contributed by atoms with van der Waals surface area (Å²) < 4.78 is 0. The molecule has 3 heteroatoms. The van der Waals surface area contributed by atoms with E-state index in [0.29, 0.717) is 5.92 Å². The van der Waals surface area contributed by atoms with Gasteiger partial charge in [-0.15, -0.1) is 0 Å². The molecule has 1 saturated carbocycles. The molecule has 0 radical (unpaired) electrons. The van der Waals surface area contributed by atoms with Crippen molar-refractivity contribution in [3.8, 4) is 0 Å². The molecule has 1 aliphatic carbocycles. The van der Waals surface area contributed by atoms with Crippen LogP contribution < -0.4 is 5.90 Å². The minimum Gasteiger partial charge on any atom is -0.390 e. The topological polar surface area (TPSA) is 55.5 Å². The molecular weight excluding hydrogens is 106 g/mol. The van der Waals surface area contributed by atoms with Crippen molar-refractivity contribution in [3.05, 3.63) is 0 Å². The smallest absolute Gasteiger partial charge is 0.0941 e. The van der Waals surface area contributed by atoms with Crippen LogP contribution in [0.3, 0.4) is 0 Å². The fourth-order valence-corrected chi connectivity index (χ4v) is 0.716. The molecule has 48 valence electrons. The lowest BCUT2D eigenvalue weighted by Gasteiger charge is -2.04. The quantitative estimate of drug-likeness (QED) is 0.497. The molecule has 0 aromatic rings. The molecule has 1 aliphatic rings. The minimum atomic E-state index is -0.319. The highest BCUT2D eigenvalue weighted by atomic mass is 16.6. The molecule has 3 N–H and O–H groups in total. The Morgan fingerprint density at radius 2 is 2.38 bits per heavy atom. The van der Waals surface area contributed by atoms with E-state index in [1.165, 1.54) is 0 Å². The van der Waals surface area contributed by atoms with Crippen molar-refractivity contribution in [2.75, 3.05) is 6.61 Å². The normalized spacial score (nSPS) is 23.2. The van der Waals surface area contributed by atoms with E-state index in [4.69, 9.17) is 11.0 Å². The second-order valence-corrected chi connectivity index (χ2v) is 2.24. The lowest BCUT2D eigenvalue weighted by molar-refractivity contribution is 0.0252. The van der Waals surface area contributed by atoms with E-state index in [1.54, 1.807) is 0 Å². The maximum absolute atomic E-state index is 8.98. The monoisotopic (exact) mass is 117 g/mol. The molecule has 8 heavy (non-hydrogen) atoms. The molecule has 1 atom stereocenters. The van der Waals surface area contributed by atoms with Gasteiger partial charge in [-0.05, 0) is 18.8 Å². The van der Waals surface area contributed by atoms with Gasteiger partial charge in [-0.3, -0.25) is 0 Å². The summed E-state index contributed by atoms with van der Waals surface area (Å²) in [7, 11) is 0. The van der Waals surface area contributed by atoms with Gasteiger partial charge in [0.05, 0.1) is 12.7 Å². The molecule has 0 amide bonds. The van der Waals surface area contributed by atoms with Crippen molar-refractivity contribution < 1.29 is 9.94 Å². The van der Waals surface area contributed by atoms with E-state index in [-0.39, 0.29) is 12.7 Å². The molecule has 3 nitrogen and oxygen atoms in total. The van der Waals surface area contributed by atoms with Gasteiger partial charge >= 0.3 is 0 Å². The Morgan fingerprint density at radius 1 is 1.75 bits per heavy atom. The van der Waals surface area contributed by atoms with Crippen molar-refractivity contribution in [2.45, 2.75) is 18.9 Å². The van der Waals surface area contributed by atoms with Crippen LogP contribution in [0.4, 0.5) is 0 Å². The van der Waals surface area contributed by atoms with Crippen LogP contribution in [0.25, 0.3) is 0 Å². The van der Waals surface area contributed by atoms with Gasteiger partial charge in [0.15, 0.2) is 0 Å². The Labute approximate surface area is 48.4 Å². The second-order valence-electron chi connectivity index (χ2n) is 2.24. The molecule has 0 aromatic carbocycles. The van der Waals surface area contributed by atoms with Crippen molar-refractivity contribution in [1.82, 2.24) is 0 Å². The van der Waals surface area contributed by atoms with Gasteiger partial charge < -0.3 is 9.94 Å². The van der Waals surface area contributed by atoms with E-state index in [2.05, 4.69) is 4.84 Å². The van der Waals surface area contributed by atoms with Gasteiger partial charge in [0, 0.05) is 0 Å². The molecule has 0 aromatic heterocycles. The fourth-order valence-electron chi connectivity index (χ4n) is 0.716. The van der Waals surface area contributed by atoms with Crippen molar-refractivity contribution in [2.24, 2.45) is 11.8 Å². The highest BCUT2D eigenvalue weighted by Crippen LogP contribution is 2.32. The number of rotatable bonds is 3. The third-order valence-corrected chi connectivity index (χ3v) is 1.43. The Balaban J connectivity index is 2.03. The van der Waals surface area contributed by atoms with Crippen LogP contribution in [0.5, 0.6) is 0 Å². The Morgan fingerprint density at radius 3 is 2.75 bits per heavy atom. The van der Waals surface area contributed by atoms with E-state index in [9.17, 15) is 0 Å². The largest absolute Gasteiger partial charge is 0.390 e. The third kappa shape index (κ3) is 1.43. The van der Waals surface area contributed by atoms with Crippen LogP contribution in [0, 0.1) is 5.92 Å². The average Bonchev–Trinajstić information content (AvgIpc) is 2.45. The van der Waals surface area contributed by atoms with Gasteiger partial charge in [0.1, 0.15) is 0 Å². The molecule has 1 unspecified atom stereocenters. The summed E-state index contributed by atoms with van der Waals surface area (Å²) >= 11 is 0. The lowest BCUT2D eigenvalue weighted by atomic mass is 10.2. The molecular formula is C5H11NO2. The number of nitrogens with two attached hydrogens (primary N) is 1. The van der Waals surface area contributed by atoms with Crippen molar-refractivity contribution in [3.63, 3.8) is 0 Å². The van der Waals surface area contributed by atoms with Gasteiger partial charge in [-0.2, -0.15) is 0 Å². The molecule has 0 bridgehead atoms. The first-order valence-electron chi connectivity index (χ1n) is 2.84.